The average molecular weight is 260 g/mol. The van der Waals surface area contributed by atoms with Crippen molar-refractivity contribution >= 4 is 11.0 Å². The first kappa shape index (κ1) is 14.0. The van der Waals surface area contributed by atoms with Crippen molar-refractivity contribution in [3.8, 4) is 0 Å². The Hall–Kier alpha value is -1.39. The highest BCUT2D eigenvalue weighted by Gasteiger charge is 2.19. The van der Waals surface area contributed by atoms with Gasteiger partial charge >= 0.3 is 0 Å². The van der Waals surface area contributed by atoms with Gasteiger partial charge in [0.25, 0.3) is 0 Å². The fourth-order valence-electron chi connectivity index (χ4n) is 2.65. The molecule has 1 heterocycles. The van der Waals surface area contributed by atoms with Crippen molar-refractivity contribution < 1.29 is 0 Å². The molecule has 0 aliphatic heterocycles. The fourth-order valence-corrected chi connectivity index (χ4v) is 2.65. The van der Waals surface area contributed by atoms with Crippen LogP contribution in [-0.2, 0) is 6.54 Å². The van der Waals surface area contributed by atoms with Gasteiger partial charge in [-0.1, -0.05) is 19.9 Å². The molecule has 0 unspecified atom stereocenters. The summed E-state index contributed by atoms with van der Waals surface area (Å²) in [5, 5.41) is 0. The minimum absolute atomic E-state index is 0.265. The maximum Gasteiger partial charge on any atom is 0.0931 e. The van der Waals surface area contributed by atoms with Gasteiger partial charge in [0.05, 0.1) is 17.4 Å². The SMILES string of the molecule is CN(Cc1ccc2nc[nH]c2c1)CC(C)(C)CCN. The number of aromatic amines is 1. The van der Waals surface area contributed by atoms with Crippen LogP contribution in [0.5, 0.6) is 0 Å². The molecule has 4 nitrogen and oxygen atoms in total. The van der Waals surface area contributed by atoms with Crippen LogP contribution in [0.2, 0.25) is 0 Å². The van der Waals surface area contributed by atoms with E-state index < -0.39 is 0 Å². The van der Waals surface area contributed by atoms with E-state index in [1.54, 1.807) is 6.33 Å². The Kier molecular flexibility index (Phi) is 4.22. The molecule has 4 heteroatoms. The summed E-state index contributed by atoms with van der Waals surface area (Å²) in [6, 6.07) is 6.39. The third-order valence-corrected chi connectivity index (χ3v) is 3.46. The van der Waals surface area contributed by atoms with E-state index in [4.69, 9.17) is 5.73 Å². The van der Waals surface area contributed by atoms with Gasteiger partial charge in [0.1, 0.15) is 0 Å². The number of aromatic nitrogens is 2. The van der Waals surface area contributed by atoms with Crippen LogP contribution in [0, 0.1) is 5.41 Å². The molecule has 1 aromatic heterocycles. The first-order chi connectivity index (χ1) is 9.00. The van der Waals surface area contributed by atoms with Gasteiger partial charge in [-0.15, -0.1) is 0 Å². The van der Waals surface area contributed by atoms with Crippen molar-refractivity contribution in [2.24, 2.45) is 11.1 Å². The largest absolute Gasteiger partial charge is 0.345 e. The lowest BCUT2D eigenvalue weighted by molar-refractivity contribution is 0.195. The number of imidazole rings is 1. The van der Waals surface area contributed by atoms with Crippen LogP contribution in [-0.4, -0.2) is 35.0 Å². The summed E-state index contributed by atoms with van der Waals surface area (Å²) in [6.07, 6.45) is 2.79. The smallest absolute Gasteiger partial charge is 0.0931 e. The van der Waals surface area contributed by atoms with Crippen molar-refractivity contribution in [1.29, 1.82) is 0 Å². The summed E-state index contributed by atoms with van der Waals surface area (Å²) in [5.74, 6) is 0. The average Bonchev–Trinajstić information content (AvgIpc) is 2.74. The second kappa shape index (κ2) is 5.72. The van der Waals surface area contributed by atoms with Gasteiger partial charge in [-0.25, -0.2) is 4.98 Å². The minimum atomic E-state index is 0.265. The zero-order valence-corrected chi connectivity index (χ0v) is 12.1. The van der Waals surface area contributed by atoms with Crippen LogP contribution < -0.4 is 5.73 Å². The predicted octanol–water partition coefficient (Wildman–Crippen LogP) is 2.37. The van der Waals surface area contributed by atoms with Gasteiger partial charge in [-0.05, 0) is 43.1 Å². The summed E-state index contributed by atoms with van der Waals surface area (Å²) >= 11 is 0. The van der Waals surface area contributed by atoms with Crippen molar-refractivity contribution in [2.45, 2.75) is 26.8 Å². The normalized spacial score (nSPS) is 12.5. The van der Waals surface area contributed by atoms with Crippen molar-refractivity contribution in [2.75, 3.05) is 20.1 Å². The molecule has 0 amide bonds. The first-order valence-corrected chi connectivity index (χ1v) is 6.81. The molecule has 0 bridgehead atoms. The monoisotopic (exact) mass is 260 g/mol. The molecule has 0 saturated carbocycles. The van der Waals surface area contributed by atoms with E-state index in [2.05, 4.69) is 54.0 Å². The molecular formula is C15H24N4. The van der Waals surface area contributed by atoms with Crippen LogP contribution in [0.1, 0.15) is 25.8 Å². The molecule has 0 radical (unpaired) electrons. The van der Waals surface area contributed by atoms with Crippen molar-refractivity contribution in [3.63, 3.8) is 0 Å². The standard InChI is InChI=1S/C15H24N4/c1-15(2,6-7-16)10-19(3)9-12-4-5-13-14(8-12)18-11-17-13/h4-5,8,11H,6-7,9-10,16H2,1-3H3,(H,17,18). The minimum Gasteiger partial charge on any atom is -0.345 e. The molecule has 0 aliphatic carbocycles. The number of H-pyrrole nitrogens is 1. The molecule has 2 rings (SSSR count). The first-order valence-electron chi connectivity index (χ1n) is 6.81. The van der Waals surface area contributed by atoms with E-state index in [1.165, 1.54) is 5.56 Å². The van der Waals surface area contributed by atoms with E-state index in [-0.39, 0.29) is 5.41 Å². The number of benzene rings is 1. The highest BCUT2D eigenvalue weighted by atomic mass is 15.1. The van der Waals surface area contributed by atoms with Crippen LogP contribution in [0.3, 0.4) is 0 Å². The summed E-state index contributed by atoms with van der Waals surface area (Å²) in [5.41, 5.74) is 9.36. The van der Waals surface area contributed by atoms with Gasteiger partial charge < -0.3 is 15.6 Å². The van der Waals surface area contributed by atoms with E-state index in [0.29, 0.717) is 0 Å². The summed E-state index contributed by atoms with van der Waals surface area (Å²) < 4.78 is 0. The molecule has 104 valence electrons. The molecule has 3 N–H and O–H groups in total. The van der Waals surface area contributed by atoms with Gasteiger partial charge in [0, 0.05) is 13.1 Å². The maximum absolute atomic E-state index is 5.66. The quantitative estimate of drug-likeness (QED) is 0.838. The Morgan fingerprint density at radius 2 is 2.16 bits per heavy atom. The lowest BCUT2D eigenvalue weighted by Crippen LogP contribution is -2.32. The molecule has 1 aromatic carbocycles. The van der Waals surface area contributed by atoms with Gasteiger partial charge in [-0.2, -0.15) is 0 Å². The molecule has 0 saturated heterocycles. The molecule has 0 atom stereocenters. The van der Waals surface area contributed by atoms with Gasteiger partial charge in [0.15, 0.2) is 0 Å². The van der Waals surface area contributed by atoms with Crippen LogP contribution in [0.25, 0.3) is 11.0 Å². The molecule has 2 aromatic rings. The third-order valence-electron chi connectivity index (χ3n) is 3.46. The Balaban J connectivity index is 1.99. The highest BCUT2D eigenvalue weighted by molar-refractivity contribution is 5.74. The van der Waals surface area contributed by atoms with Gasteiger partial charge in [0.2, 0.25) is 0 Å². The lowest BCUT2D eigenvalue weighted by atomic mass is 9.89. The van der Waals surface area contributed by atoms with E-state index in [1.807, 2.05) is 0 Å². The van der Waals surface area contributed by atoms with Crippen LogP contribution >= 0.6 is 0 Å². The zero-order chi connectivity index (χ0) is 13.9. The molecular weight excluding hydrogens is 236 g/mol. The maximum atomic E-state index is 5.66. The topological polar surface area (TPSA) is 57.9 Å². The number of nitrogens with zero attached hydrogens (tertiary/aromatic N) is 2. The number of nitrogens with one attached hydrogen (secondary N) is 1. The fraction of sp³-hybridized carbons (Fsp3) is 0.533. The van der Waals surface area contributed by atoms with Gasteiger partial charge in [-0.3, -0.25) is 0 Å². The highest BCUT2D eigenvalue weighted by Crippen LogP contribution is 2.21. The lowest BCUT2D eigenvalue weighted by Gasteiger charge is -2.30. The predicted molar refractivity (Wildman–Crippen MR) is 79.9 cm³/mol. The second-order valence-electron chi connectivity index (χ2n) is 6.13. The Bertz CT molecular complexity index is 530. The number of hydrogen-bond acceptors (Lipinski definition) is 3. The molecule has 19 heavy (non-hydrogen) atoms. The van der Waals surface area contributed by atoms with Crippen molar-refractivity contribution in [3.05, 3.63) is 30.1 Å². The Morgan fingerprint density at radius 3 is 2.89 bits per heavy atom. The summed E-state index contributed by atoms with van der Waals surface area (Å²) in [7, 11) is 2.16. The zero-order valence-electron chi connectivity index (χ0n) is 12.1. The van der Waals surface area contributed by atoms with Crippen LogP contribution in [0.4, 0.5) is 0 Å². The van der Waals surface area contributed by atoms with E-state index in [9.17, 15) is 0 Å². The third kappa shape index (κ3) is 3.78. The Labute approximate surface area is 115 Å². The summed E-state index contributed by atoms with van der Waals surface area (Å²) in [6.45, 7) is 7.29. The molecule has 0 aliphatic rings. The molecule has 0 spiro atoms. The number of hydrogen-bond donors (Lipinski definition) is 2. The summed E-state index contributed by atoms with van der Waals surface area (Å²) in [4.78, 5) is 9.75. The number of rotatable bonds is 6. The molecule has 0 fully saturated rings. The number of nitrogens with two attached hydrogens (primary N) is 1. The van der Waals surface area contributed by atoms with E-state index in [0.717, 1.165) is 37.1 Å². The second-order valence-corrected chi connectivity index (χ2v) is 6.13. The number of fused-ring (bicyclic) bond motifs is 1. The van der Waals surface area contributed by atoms with Crippen LogP contribution in [0.15, 0.2) is 24.5 Å². The van der Waals surface area contributed by atoms with Crippen molar-refractivity contribution in [1.82, 2.24) is 14.9 Å². The Morgan fingerprint density at radius 1 is 1.37 bits per heavy atom. The van der Waals surface area contributed by atoms with E-state index >= 15 is 0 Å².